The van der Waals surface area contributed by atoms with Gasteiger partial charge in [-0.25, -0.2) is 0 Å². The van der Waals surface area contributed by atoms with Crippen LogP contribution in [0.25, 0.3) is 0 Å². The van der Waals surface area contributed by atoms with Crippen LogP contribution in [0.5, 0.6) is 17.2 Å². The van der Waals surface area contributed by atoms with E-state index in [4.69, 9.17) is 14.2 Å². The lowest BCUT2D eigenvalue weighted by atomic mass is 10.1. The summed E-state index contributed by atoms with van der Waals surface area (Å²) in [6.45, 7) is 0.927. The standard InChI is InChI=1S/C17H16F3NO3/c1-22-14-6-12(7-15-16(14)24-10-23-15)9-21-8-11-3-2-4-13(5-11)17(18,19)20/h2-7,21H,8-10H2,1H3. The third-order valence-electron chi connectivity index (χ3n) is 3.63. The quantitative estimate of drug-likeness (QED) is 0.901. The van der Waals surface area contributed by atoms with Crippen LogP contribution in [0.2, 0.25) is 0 Å². The zero-order valence-electron chi connectivity index (χ0n) is 12.9. The monoisotopic (exact) mass is 339 g/mol. The maximum atomic E-state index is 12.7. The first kappa shape index (κ1) is 16.4. The fourth-order valence-electron chi connectivity index (χ4n) is 2.49. The highest BCUT2D eigenvalue weighted by Gasteiger charge is 2.30. The molecule has 128 valence electrons. The molecule has 0 aromatic heterocycles. The summed E-state index contributed by atoms with van der Waals surface area (Å²) >= 11 is 0. The first-order chi connectivity index (χ1) is 11.5. The van der Waals surface area contributed by atoms with Crippen LogP contribution in [-0.2, 0) is 19.3 Å². The molecule has 7 heteroatoms. The summed E-state index contributed by atoms with van der Waals surface area (Å²) in [4.78, 5) is 0. The van der Waals surface area contributed by atoms with Crippen molar-refractivity contribution in [3.05, 3.63) is 53.1 Å². The fourth-order valence-corrected chi connectivity index (χ4v) is 2.49. The second-order valence-electron chi connectivity index (χ2n) is 5.33. The van der Waals surface area contributed by atoms with E-state index in [-0.39, 0.29) is 6.79 Å². The van der Waals surface area contributed by atoms with Crippen LogP contribution in [-0.4, -0.2) is 13.9 Å². The summed E-state index contributed by atoms with van der Waals surface area (Å²) in [6.07, 6.45) is -4.33. The van der Waals surface area contributed by atoms with Crippen molar-refractivity contribution in [1.82, 2.24) is 5.32 Å². The Kier molecular flexibility index (Phi) is 4.53. The van der Waals surface area contributed by atoms with Crippen molar-refractivity contribution in [2.45, 2.75) is 19.3 Å². The smallest absolute Gasteiger partial charge is 0.416 e. The first-order valence-corrected chi connectivity index (χ1v) is 7.31. The third-order valence-corrected chi connectivity index (χ3v) is 3.63. The van der Waals surface area contributed by atoms with E-state index >= 15 is 0 Å². The van der Waals surface area contributed by atoms with Gasteiger partial charge in [-0.15, -0.1) is 0 Å². The Labute approximate surface area is 137 Å². The molecule has 0 unspecified atom stereocenters. The average molecular weight is 339 g/mol. The maximum absolute atomic E-state index is 12.7. The molecule has 0 fully saturated rings. The summed E-state index contributed by atoms with van der Waals surface area (Å²) in [6, 6.07) is 8.90. The first-order valence-electron chi connectivity index (χ1n) is 7.31. The van der Waals surface area contributed by atoms with Crippen LogP contribution in [0.1, 0.15) is 16.7 Å². The SMILES string of the molecule is COc1cc(CNCc2cccc(C(F)(F)F)c2)cc2c1OCO2. The average Bonchev–Trinajstić information content (AvgIpc) is 3.02. The molecule has 1 aliphatic heterocycles. The van der Waals surface area contributed by atoms with Gasteiger partial charge in [-0.3, -0.25) is 0 Å². The van der Waals surface area contributed by atoms with Crippen molar-refractivity contribution in [2.24, 2.45) is 0 Å². The van der Waals surface area contributed by atoms with Crippen molar-refractivity contribution in [1.29, 1.82) is 0 Å². The van der Waals surface area contributed by atoms with E-state index in [0.29, 0.717) is 35.9 Å². The number of hydrogen-bond acceptors (Lipinski definition) is 4. The molecule has 0 aliphatic carbocycles. The number of hydrogen-bond donors (Lipinski definition) is 1. The van der Waals surface area contributed by atoms with Gasteiger partial charge < -0.3 is 19.5 Å². The van der Waals surface area contributed by atoms with E-state index in [1.54, 1.807) is 6.07 Å². The molecule has 0 atom stereocenters. The molecule has 2 aromatic rings. The highest BCUT2D eigenvalue weighted by atomic mass is 19.4. The summed E-state index contributed by atoms with van der Waals surface area (Å²) < 4.78 is 54.0. The highest BCUT2D eigenvalue weighted by Crippen LogP contribution is 2.41. The Bertz CT molecular complexity index is 732. The number of nitrogens with one attached hydrogen (secondary N) is 1. The van der Waals surface area contributed by atoms with Crippen LogP contribution in [0, 0.1) is 0 Å². The summed E-state index contributed by atoms with van der Waals surface area (Å²) in [5, 5.41) is 3.12. The molecule has 0 saturated heterocycles. The lowest BCUT2D eigenvalue weighted by Crippen LogP contribution is -2.14. The Morgan fingerprint density at radius 2 is 1.88 bits per heavy atom. The molecule has 0 saturated carbocycles. The van der Waals surface area contributed by atoms with Crippen molar-refractivity contribution in [3.63, 3.8) is 0 Å². The second kappa shape index (κ2) is 6.60. The molecule has 0 radical (unpaired) electrons. The van der Waals surface area contributed by atoms with E-state index in [2.05, 4.69) is 5.32 Å². The van der Waals surface area contributed by atoms with Crippen LogP contribution in [0.15, 0.2) is 36.4 Å². The van der Waals surface area contributed by atoms with Crippen molar-refractivity contribution in [3.8, 4) is 17.2 Å². The minimum absolute atomic E-state index is 0.146. The summed E-state index contributed by atoms with van der Waals surface area (Å²) in [5.74, 6) is 1.74. The molecular formula is C17H16F3NO3. The molecular weight excluding hydrogens is 323 g/mol. The maximum Gasteiger partial charge on any atom is 0.416 e. The predicted molar refractivity (Wildman–Crippen MR) is 81.1 cm³/mol. The van der Waals surface area contributed by atoms with E-state index < -0.39 is 11.7 Å². The summed E-state index contributed by atoms with van der Waals surface area (Å²) in [7, 11) is 1.54. The van der Waals surface area contributed by atoms with E-state index in [1.165, 1.54) is 13.2 Å². The number of ether oxygens (including phenoxy) is 3. The molecule has 1 heterocycles. The molecule has 0 spiro atoms. The zero-order valence-corrected chi connectivity index (χ0v) is 12.9. The molecule has 2 aromatic carbocycles. The molecule has 0 amide bonds. The van der Waals surface area contributed by atoms with E-state index in [0.717, 1.165) is 17.7 Å². The van der Waals surface area contributed by atoms with Gasteiger partial charge >= 0.3 is 6.18 Å². The van der Waals surface area contributed by atoms with E-state index in [1.807, 2.05) is 12.1 Å². The molecule has 4 nitrogen and oxygen atoms in total. The number of rotatable bonds is 5. The fraction of sp³-hybridized carbons (Fsp3) is 0.294. The minimum atomic E-state index is -4.33. The van der Waals surface area contributed by atoms with Crippen LogP contribution < -0.4 is 19.5 Å². The van der Waals surface area contributed by atoms with Crippen LogP contribution in [0.3, 0.4) is 0 Å². The van der Waals surface area contributed by atoms with Gasteiger partial charge in [-0.05, 0) is 29.3 Å². The van der Waals surface area contributed by atoms with E-state index in [9.17, 15) is 13.2 Å². The topological polar surface area (TPSA) is 39.7 Å². The lowest BCUT2D eigenvalue weighted by Gasteiger charge is -2.11. The van der Waals surface area contributed by atoms with Crippen LogP contribution >= 0.6 is 0 Å². The number of methoxy groups -OCH3 is 1. The van der Waals surface area contributed by atoms with Crippen molar-refractivity contribution in [2.75, 3.05) is 13.9 Å². The molecule has 1 N–H and O–H groups in total. The van der Waals surface area contributed by atoms with Gasteiger partial charge in [0.1, 0.15) is 0 Å². The number of alkyl halides is 3. The number of fused-ring (bicyclic) bond motifs is 1. The van der Waals surface area contributed by atoms with Crippen molar-refractivity contribution < 1.29 is 27.4 Å². The highest BCUT2D eigenvalue weighted by molar-refractivity contribution is 5.55. The van der Waals surface area contributed by atoms with Gasteiger partial charge in [0.2, 0.25) is 12.5 Å². The molecule has 24 heavy (non-hydrogen) atoms. The van der Waals surface area contributed by atoms with Gasteiger partial charge in [-0.1, -0.05) is 18.2 Å². The molecule has 0 bridgehead atoms. The number of halogens is 3. The van der Waals surface area contributed by atoms with Crippen molar-refractivity contribution >= 4 is 0 Å². The lowest BCUT2D eigenvalue weighted by molar-refractivity contribution is -0.137. The third kappa shape index (κ3) is 3.56. The molecule has 1 aliphatic rings. The molecule has 3 rings (SSSR count). The Morgan fingerprint density at radius 3 is 2.62 bits per heavy atom. The van der Waals surface area contributed by atoms with Gasteiger partial charge in [0.25, 0.3) is 0 Å². The largest absolute Gasteiger partial charge is 0.493 e. The second-order valence-corrected chi connectivity index (χ2v) is 5.33. The number of benzene rings is 2. The van der Waals surface area contributed by atoms with Gasteiger partial charge in [0, 0.05) is 13.1 Å². The predicted octanol–water partition coefficient (Wildman–Crippen LogP) is 3.73. The normalized spacial score (nSPS) is 13.2. The van der Waals surface area contributed by atoms with Gasteiger partial charge in [0.05, 0.1) is 12.7 Å². The minimum Gasteiger partial charge on any atom is -0.493 e. The Balaban J connectivity index is 1.65. The Hall–Kier alpha value is -2.41. The Morgan fingerprint density at radius 1 is 1.08 bits per heavy atom. The van der Waals surface area contributed by atoms with Gasteiger partial charge in [-0.2, -0.15) is 13.2 Å². The van der Waals surface area contributed by atoms with Gasteiger partial charge in [0.15, 0.2) is 11.5 Å². The van der Waals surface area contributed by atoms with Crippen LogP contribution in [0.4, 0.5) is 13.2 Å². The zero-order chi connectivity index (χ0) is 17.2. The summed E-state index contributed by atoms with van der Waals surface area (Å²) in [5.41, 5.74) is 0.812.